The number of carboxylic acid groups (broad SMARTS) is 1. The van der Waals surface area contributed by atoms with Gasteiger partial charge in [-0.05, 0) is 122 Å². The predicted molar refractivity (Wildman–Crippen MR) is 203 cm³/mol. The van der Waals surface area contributed by atoms with E-state index in [1.54, 1.807) is 6.92 Å². The molecular weight excluding hydrogens is 656 g/mol. The Labute approximate surface area is 315 Å². The number of rotatable bonds is 26. The van der Waals surface area contributed by atoms with Crippen LogP contribution in [0.3, 0.4) is 0 Å². The Hall–Kier alpha value is -1.19. The van der Waals surface area contributed by atoms with Gasteiger partial charge in [0, 0.05) is 25.0 Å². The van der Waals surface area contributed by atoms with Crippen molar-refractivity contribution >= 4 is 5.97 Å². The Balaban J connectivity index is 1.17. The number of ether oxygens (including phenoxy) is 6. The van der Waals surface area contributed by atoms with E-state index in [4.69, 9.17) is 28.4 Å². The Kier molecular flexibility index (Phi) is 13.5. The highest BCUT2D eigenvalue weighted by Crippen LogP contribution is 2.68. The van der Waals surface area contributed by atoms with Gasteiger partial charge in [0.25, 0.3) is 0 Å². The van der Waals surface area contributed by atoms with E-state index >= 15 is 0 Å². The standard InChI is InChI=1S/C44H74O8/c1-5-8-14-40(20-26-50-40)17-11-23-47-37(35(4)38(45)46)39-29-36-30-43(32-39,48-24-12-18-41(15-9-6-2)21-27-51-41)34-44(31-36,33-39)49-25-13-19-42(16-10-7-3)22-28-52-42/h36H,5-34H2,1-4H3,(H,45,46). The van der Waals surface area contributed by atoms with E-state index < -0.39 is 11.4 Å². The third-order valence-electron chi connectivity index (χ3n) is 14.4. The maximum absolute atomic E-state index is 12.7. The summed E-state index contributed by atoms with van der Waals surface area (Å²) in [5.74, 6) is 0.243. The molecule has 0 aromatic carbocycles. The van der Waals surface area contributed by atoms with Gasteiger partial charge in [0.1, 0.15) is 5.76 Å². The first-order valence-corrected chi connectivity index (χ1v) is 21.8. The quantitative estimate of drug-likeness (QED) is 0.0534. The lowest BCUT2D eigenvalue weighted by Crippen LogP contribution is -2.65. The Morgan fingerprint density at radius 3 is 1.38 bits per heavy atom. The molecule has 3 saturated heterocycles. The van der Waals surface area contributed by atoms with Crippen molar-refractivity contribution in [1.29, 1.82) is 0 Å². The molecule has 1 N–H and O–H groups in total. The van der Waals surface area contributed by atoms with E-state index in [1.807, 2.05) is 0 Å². The van der Waals surface area contributed by atoms with Gasteiger partial charge in [-0.25, -0.2) is 4.79 Å². The lowest BCUT2D eigenvalue weighted by Gasteiger charge is -2.66. The summed E-state index contributed by atoms with van der Waals surface area (Å²) in [4.78, 5) is 12.7. The molecule has 0 aromatic rings. The number of aliphatic carboxylic acids is 1. The number of carbonyl (C=O) groups is 1. The fraction of sp³-hybridized carbons (Fsp3) is 0.932. The Morgan fingerprint density at radius 2 is 1.02 bits per heavy atom. The molecule has 4 saturated carbocycles. The summed E-state index contributed by atoms with van der Waals surface area (Å²) in [5.41, 5.74) is -0.609. The monoisotopic (exact) mass is 731 g/mol. The van der Waals surface area contributed by atoms with Crippen LogP contribution in [0, 0.1) is 11.3 Å². The molecule has 3 heterocycles. The minimum atomic E-state index is -0.881. The summed E-state index contributed by atoms with van der Waals surface area (Å²) in [6, 6.07) is 0. The van der Waals surface area contributed by atoms with Gasteiger partial charge >= 0.3 is 5.97 Å². The number of carboxylic acids is 1. The van der Waals surface area contributed by atoms with Crippen LogP contribution in [-0.4, -0.2) is 78.7 Å². The van der Waals surface area contributed by atoms with E-state index in [9.17, 15) is 9.90 Å². The molecule has 8 heteroatoms. The van der Waals surface area contributed by atoms with Gasteiger partial charge in [0.2, 0.25) is 0 Å². The van der Waals surface area contributed by atoms with Gasteiger partial charge in [-0.15, -0.1) is 0 Å². The zero-order valence-electron chi connectivity index (χ0n) is 33.6. The molecule has 52 heavy (non-hydrogen) atoms. The first-order valence-electron chi connectivity index (χ1n) is 21.8. The molecule has 7 rings (SSSR count). The predicted octanol–water partition coefficient (Wildman–Crippen LogP) is 10.2. The zero-order valence-corrected chi connectivity index (χ0v) is 33.6. The lowest BCUT2D eigenvalue weighted by atomic mass is 9.45. The SMILES string of the molecule is CCCCC1(CCCOC(=C(C)C(=O)O)C23CC4CC(OCCCC5(CCCC)CCO5)(CC(OCCCC5(CCCC)CCO5)(C4)C2)C3)CCO1. The van der Waals surface area contributed by atoms with Crippen LogP contribution in [0.25, 0.3) is 0 Å². The molecule has 5 atom stereocenters. The smallest absolute Gasteiger partial charge is 0.334 e. The second-order valence-corrected chi connectivity index (χ2v) is 18.4. The van der Waals surface area contributed by atoms with Gasteiger partial charge in [-0.2, -0.15) is 0 Å². The maximum Gasteiger partial charge on any atom is 0.334 e. The molecule has 0 spiro atoms. The van der Waals surface area contributed by atoms with Crippen LogP contribution in [0.2, 0.25) is 0 Å². The minimum absolute atomic E-state index is 0.0130. The van der Waals surface area contributed by atoms with Crippen LogP contribution in [0.5, 0.6) is 0 Å². The molecule has 5 unspecified atom stereocenters. The summed E-state index contributed by atoms with van der Waals surface area (Å²) < 4.78 is 39.5. The van der Waals surface area contributed by atoms with Gasteiger partial charge in [-0.1, -0.05) is 59.3 Å². The highest BCUT2D eigenvalue weighted by molar-refractivity contribution is 5.86. The first kappa shape index (κ1) is 40.5. The molecule has 4 aliphatic carbocycles. The number of unbranched alkanes of at least 4 members (excludes halogenated alkanes) is 3. The van der Waals surface area contributed by atoms with Crippen molar-refractivity contribution in [3.05, 3.63) is 11.3 Å². The summed E-state index contributed by atoms with van der Waals surface area (Å²) >= 11 is 0. The highest BCUT2D eigenvalue weighted by Gasteiger charge is 2.66. The second-order valence-electron chi connectivity index (χ2n) is 18.4. The van der Waals surface area contributed by atoms with Gasteiger partial charge in [0.05, 0.1) is 60.0 Å². The number of hydrogen-bond acceptors (Lipinski definition) is 7. The molecule has 0 aromatic heterocycles. The molecular formula is C44H74O8. The third kappa shape index (κ3) is 9.09. The average Bonchev–Trinajstić information content (AvgIpc) is 3.06. The zero-order chi connectivity index (χ0) is 36.8. The van der Waals surface area contributed by atoms with E-state index in [0.29, 0.717) is 37.1 Å². The van der Waals surface area contributed by atoms with E-state index in [0.717, 1.165) is 135 Å². The van der Waals surface area contributed by atoms with Crippen molar-refractivity contribution in [3.63, 3.8) is 0 Å². The van der Waals surface area contributed by atoms with Gasteiger partial charge in [-0.3, -0.25) is 0 Å². The minimum Gasteiger partial charge on any atom is -0.497 e. The van der Waals surface area contributed by atoms with Crippen molar-refractivity contribution in [2.75, 3.05) is 39.6 Å². The molecule has 0 radical (unpaired) electrons. The summed E-state index contributed by atoms with van der Waals surface area (Å²) in [6.45, 7) is 13.1. The summed E-state index contributed by atoms with van der Waals surface area (Å²) in [6.07, 6.45) is 25.5. The van der Waals surface area contributed by atoms with Crippen LogP contribution >= 0.6 is 0 Å². The van der Waals surface area contributed by atoms with E-state index in [2.05, 4.69) is 20.8 Å². The fourth-order valence-corrected chi connectivity index (χ4v) is 11.8. The number of allylic oxidation sites excluding steroid dienone is 1. The second kappa shape index (κ2) is 17.3. The third-order valence-corrected chi connectivity index (χ3v) is 14.4. The van der Waals surface area contributed by atoms with Crippen LogP contribution in [-0.2, 0) is 33.2 Å². The topological polar surface area (TPSA) is 92.7 Å². The largest absolute Gasteiger partial charge is 0.497 e. The van der Waals surface area contributed by atoms with Crippen molar-refractivity contribution in [3.8, 4) is 0 Å². The molecule has 0 amide bonds. The fourth-order valence-electron chi connectivity index (χ4n) is 11.8. The Bertz CT molecular complexity index is 1150. The molecule has 298 valence electrons. The van der Waals surface area contributed by atoms with Crippen molar-refractivity contribution in [2.45, 2.75) is 210 Å². The van der Waals surface area contributed by atoms with Crippen molar-refractivity contribution in [1.82, 2.24) is 0 Å². The maximum atomic E-state index is 12.7. The van der Waals surface area contributed by atoms with Crippen molar-refractivity contribution < 1.29 is 38.3 Å². The molecule has 3 aliphatic heterocycles. The lowest BCUT2D eigenvalue weighted by molar-refractivity contribution is -0.263. The Morgan fingerprint density at radius 1 is 0.615 bits per heavy atom. The normalized spacial score (nSPS) is 38.0. The van der Waals surface area contributed by atoms with Gasteiger partial charge < -0.3 is 33.5 Å². The van der Waals surface area contributed by atoms with E-state index in [-0.39, 0.29) is 28.0 Å². The van der Waals surface area contributed by atoms with Crippen LogP contribution < -0.4 is 0 Å². The van der Waals surface area contributed by atoms with Crippen LogP contribution in [0.1, 0.15) is 182 Å². The highest BCUT2D eigenvalue weighted by atomic mass is 16.5. The molecule has 7 fully saturated rings. The molecule has 8 nitrogen and oxygen atoms in total. The molecule has 4 bridgehead atoms. The average molecular weight is 731 g/mol. The van der Waals surface area contributed by atoms with E-state index in [1.165, 1.54) is 38.5 Å². The first-order chi connectivity index (χ1) is 25.1. The van der Waals surface area contributed by atoms with Gasteiger partial charge in [0.15, 0.2) is 0 Å². The molecule has 7 aliphatic rings. The number of hydrogen-bond donors (Lipinski definition) is 1. The summed E-state index contributed by atoms with van der Waals surface area (Å²) in [5, 5.41) is 10.4. The van der Waals surface area contributed by atoms with Crippen LogP contribution in [0.4, 0.5) is 0 Å². The van der Waals surface area contributed by atoms with Crippen LogP contribution in [0.15, 0.2) is 11.3 Å². The van der Waals surface area contributed by atoms with Crippen molar-refractivity contribution in [2.24, 2.45) is 11.3 Å². The summed E-state index contributed by atoms with van der Waals surface area (Å²) in [7, 11) is 0.